The predicted octanol–water partition coefficient (Wildman–Crippen LogP) is 1.61. The number of carbonyl (C=O) groups is 1. The average molecular weight is 247 g/mol. The van der Waals surface area contributed by atoms with E-state index in [2.05, 4.69) is 5.92 Å². The molecule has 0 bridgehead atoms. The van der Waals surface area contributed by atoms with Crippen LogP contribution < -0.4 is 4.74 Å². The Kier molecular flexibility index (Phi) is 5.75. The third-order valence-electron chi connectivity index (χ3n) is 2.52. The first kappa shape index (κ1) is 14.1. The van der Waals surface area contributed by atoms with Gasteiger partial charge < -0.3 is 9.84 Å². The molecule has 0 spiro atoms. The van der Waals surface area contributed by atoms with Crippen molar-refractivity contribution in [2.45, 2.75) is 13.0 Å². The first-order valence-corrected chi connectivity index (χ1v) is 5.66. The molecule has 1 aromatic rings. The van der Waals surface area contributed by atoms with E-state index >= 15 is 0 Å². The standard InChI is InChI=1S/C14H17NO3/c1-3-9-15(10-8-14(16)17)11-12-4-6-13(18-2)7-5-12/h1,4-7H,8-11H2,2H3,(H,16,17). The van der Waals surface area contributed by atoms with Crippen molar-refractivity contribution in [1.82, 2.24) is 4.90 Å². The number of carboxylic acids is 1. The van der Waals surface area contributed by atoms with E-state index in [0.29, 0.717) is 19.6 Å². The van der Waals surface area contributed by atoms with Gasteiger partial charge in [-0.1, -0.05) is 18.1 Å². The number of ether oxygens (including phenoxy) is 1. The molecule has 0 amide bonds. The predicted molar refractivity (Wildman–Crippen MR) is 69.4 cm³/mol. The van der Waals surface area contributed by atoms with Gasteiger partial charge in [-0.15, -0.1) is 6.42 Å². The molecule has 1 rings (SSSR count). The van der Waals surface area contributed by atoms with Gasteiger partial charge in [0.1, 0.15) is 5.75 Å². The fourth-order valence-corrected chi connectivity index (χ4v) is 1.59. The average Bonchev–Trinajstić information content (AvgIpc) is 2.37. The molecule has 0 aliphatic rings. The summed E-state index contributed by atoms with van der Waals surface area (Å²) in [5.41, 5.74) is 1.08. The summed E-state index contributed by atoms with van der Waals surface area (Å²) in [6.45, 7) is 1.53. The molecular formula is C14H17NO3. The molecule has 4 heteroatoms. The number of hydrogen-bond donors (Lipinski definition) is 1. The van der Waals surface area contributed by atoms with Gasteiger partial charge in [0.25, 0.3) is 0 Å². The minimum absolute atomic E-state index is 0.0951. The lowest BCUT2D eigenvalue weighted by molar-refractivity contribution is -0.137. The first-order valence-electron chi connectivity index (χ1n) is 5.66. The van der Waals surface area contributed by atoms with Gasteiger partial charge >= 0.3 is 5.97 Å². The van der Waals surface area contributed by atoms with Gasteiger partial charge in [-0.25, -0.2) is 0 Å². The van der Waals surface area contributed by atoms with Crippen molar-refractivity contribution in [2.24, 2.45) is 0 Å². The van der Waals surface area contributed by atoms with Crippen molar-refractivity contribution < 1.29 is 14.6 Å². The van der Waals surface area contributed by atoms with E-state index in [4.69, 9.17) is 16.3 Å². The summed E-state index contributed by atoms with van der Waals surface area (Å²) < 4.78 is 5.08. The van der Waals surface area contributed by atoms with E-state index in [9.17, 15) is 4.79 Å². The van der Waals surface area contributed by atoms with Crippen LogP contribution in [-0.2, 0) is 11.3 Å². The zero-order valence-electron chi connectivity index (χ0n) is 10.4. The number of benzene rings is 1. The maximum absolute atomic E-state index is 10.5. The Labute approximate surface area is 107 Å². The number of carboxylic acid groups (broad SMARTS) is 1. The number of hydrogen-bond acceptors (Lipinski definition) is 3. The van der Waals surface area contributed by atoms with Crippen LogP contribution in [-0.4, -0.2) is 36.2 Å². The summed E-state index contributed by atoms with van der Waals surface area (Å²) in [5.74, 6) is 2.53. The fourth-order valence-electron chi connectivity index (χ4n) is 1.59. The summed E-state index contributed by atoms with van der Waals surface area (Å²) in [7, 11) is 1.62. The Hall–Kier alpha value is -1.99. The lowest BCUT2D eigenvalue weighted by Crippen LogP contribution is -2.26. The molecule has 0 saturated heterocycles. The van der Waals surface area contributed by atoms with Gasteiger partial charge in [0.05, 0.1) is 20.1 Å². The van der Waals surface area contributed by atoms with E-state index in [1.54, 1.807) is 7.11 Å². The molecular weight excluding hydrogens is 230 g/mol. The number of rotatable bonds is 7. The number of aliphatic carboxylic acids is 1. The van der Waals surface area contributed by atoms with Crippen LogP contribution in [0.15, 0.2) is 24.3 Å². The lowest BCUT2D eigenvalue weighted by atomic mass is 10.2. The molecule has 0 aromatic heterocycles. The Balaban J connectivity index is 2.58. The molecule has 4 nitrogen and oxygen atoms in total. The molecule has 96 valence electrons. The van der Waals surface area contributed by atoms with E-state index in [1.165, 1.54) is 0 Å². The molecule has 0 saturated carbocycles. The van der Waals surface area contributed by atoms with Crippen LogP contribution >= 0.6 is 0 Å². The quantitative estimate of drug-likeness (QED) is 0.744. The molecule has 0 heterocycles. The Morgan fingerprint density at radius 1 is 1.44 bits per heavy atom. The van der Waals surface area contributed by atoms with E-state index in [1.807, 2.05) is 29.2 Å². The lowest BCUT2D eigenvalue weighted by Gasteiger charge is -2.18. The highest BCUT2D eigenvalue weighted by Gasteiger charge is 2.07. The minimum atomic E-state index is -0.813. The molecule has 0 atom stereocenters. The number of terminal acetylenes is 1. The van der Waals surface area contributed by atoms with Crippen LogP contribution in [0, 0.1) is 12.3 Å². The molecule has 18 heavy (non-hydrogen) atoms. The second kappa shape index (κ2) is 7.36. The monoisotopic (exact) mass is 247 g/mol. The van der Waals surface area contributed by atoms with Crippen LogP contribution in [0.3, 0.4) is 0 Å². The van der Waals surface area contributed by atoms with Crippen LogP contribution in [0.1, 0.15) is 12.0 Å². The topological polar surface area (TPSA) is 49.8 Å². The maximum Gasteiger partial charge on any atom is 0.304 e. The molecule has 0 unspecified atom stereocenters. The third kappa shape index (κ3) is 4.89. The number of nitrogens with zero attached hydrogens (tertiary/aromatic N) is 1. The smallest absolute Gasteiger partial charge is 0.304 e. The van der Waals surface area contributed by atoms with Crippen molar-refractivity contribution >= 4 is 5.97 Å². The fraction of sp³-hybridized carbons (Fsp3) is 0.357. The highest BCUT2D eigenvalue weighted by atomic mass is 16.5. The van der Waals surface area contributed by atoms with Gasteiger partial charge in [0.2, 0.25) is 0 Å². The normalized spacial score (nSPS) is 10.1. The van der Waals surface area contributed by atoms with Crippen molar-refractivity contribution in [1.29, 1.82) is 0 Å². The van der Waals surface area contributed by atoms with Crippen molar-refractivity contribution in [3.05, 3.63) is 29.8 Å². The van der Waals surface area contributed by atoms with Gasteiger partial charge in [-0.05, 0) is 17.7 Å². The highest BCUT2D eigenvalue weighted by molar-refractivity contribution is 5.66. The van der Waals surface area contributed by atoms with Gasteiger partial charge in [0, 0.05) is 13.1 Å². The SMILES string of the molecule is C#CCN(CCC(=O)O)Cc1ccc(OC)cc1. The Morgan fingerprint density at radius 2 is 2.11 bits per heavy atom. The maximum atomic E-state index is 10.5. The summed E-state index contributed by atoms with van der Waals surface area (Å²) in [6, 6.07) is 7.65. The van der Waals surface area contributed by atoms with Gasteiger partial charge in [0.15, 0.2) is 0 Å². The molecule has 0 radical (unpaired) electrons. The first-order chi connectivity index (χ1) is 8.65. The molecule has 0 fully saturated rings. The van der Waals surface area contributed by atoms with Crippen LogP contribution in [0.4, 0.5) is 0 Å². The number of methoxy groups -OCH3 is 1. The minimum Gasteiger partial charge on any atom is -0.497 e. The summed E-state index contributed by atoms with van der Waals surface area (Å²) in [5, 5.41) is 8.67. The molecule has 1 N–H and O–H groups in total. The van der Waals surface area contributed by atoms with Gasteiger partial charge in [-0.3, -0.25) is 9.69 Å². The zero-order valence-corrected chi connectivity index (χ0v) is 10.4. The Morgan fingerprint density at radius 3 is 2.61 bits per heavy atom. The largest absolute Gasteiger partial charge is 0.497 e. The molecule has 1 aromatic carbocycles. The van der Waals surface area contributed by atoms with E-state index < -0.39 is 5.97 Å². The molecule has 0 aliphatic heterocycles. The van der Waals surface area contributed by atoms with Crippen LogP contribution in [0.25, 0.3) is 0 Å². The molecule has 0 aliphatic carbocycles. The van der Waals surface area contributed by atoms with Crippen molar-refractivity contribution in [3.63, 3.8) is 0 Å². The van der Waals surface area contributed by atoms with E-state index in [0.717, 1.165) is 11.3 Å². The van der Waals surface area contributed by atoms with Crippen LogP contribution in [0.2, 0.25) is 0 Å². The summed E-state index contributed by atoms with van der Waals surface area (Å²) in [6.07, 6.45) is 5.37. The highest BCUT2D eigenvalue weighted by Crippen LogP contribution is 2.13. The third-order valence-corrected chi connectivity index (χ3v) is 2.52. The van der Waals surface area contributed by atoms with Crippen LogP contribution in [0.5, 0.6) is 5.75 Å². The van der Waals surface area contributed by atoms with Crippen molar-refractivity contribution in [3.8, 4) is 18.1 Å². The zero-order chi connectivity index (χ0) is 13.4. The summed E-state index contributed by atoms with van der Waals surface area (Å²) >= 11 is 0. The Bertz CT molecular complexity index is 420. The van der Waals surface area contributed by atoms with E-state index in [-0.39, 0.29) is 6.42 Å². The second-order valence-corrected chi connectivity index (χ2v) is 3.91. The van der Waals surface area contributed by atoms with Crippen molar-refractivity contribution in [2.75, 3.05) is 20.2 Å². The second-order valence-electron chi connectivity index (χ2n) is 3.91. The summed E-state index contributed by atoms with van der Waals surface area (Å²) in [4.78, 5) is 12.5. The van der Waals surface area contributed by atoms with Gasteiger partial charge in [-0.2, -0.15) is 0 Å².